The van der Waals surface area contributed by atoms with Gasteiger partial charge < -0.3 is 5.32 Å². The maximum Gasteiger partial charge on any atom is 0.341 e. The van der Waals surface area contributed by atoms with Crippen molar-refractivity contribution in [3.63, 3.8) is 0 Å². The number of anilines is 1. The number of benzene rings is 2. The van der Waals surface area contributed by atoms with Gasteiger partial charge in [-0.05, 0) is 42.5 Å². The van der Waals surface area contributed by atoms with Crippen molar-refractivity contribution in [1.29, 1.82) is 0 Å². The molecule has 9 heteroatoms. The molecular formula is C14H9Cl2F2NO3S. The molecule has 0 saturated heterocycles. The van der Waals surface area contributed by atoms with Gasteiger partial charge in [-0.15, -0.1) is 0 Å². The second kappa shape index (κ2) is 6.82. The molecule has 122 valence electrons. The van der Waals surface area contributed by atoms with E-state index in [2.05, 4.69) is 5.32 Å². The molecule has 0 aliphatic carbocycles. The van der Waals surface area contributed by atoms with Gasteiger partial charge >= 0.3 is 5.76 Å². The number of carbonyl (C=O) groups is 1. The predicted molar refractivity (Wildman–Crippen MR) is 84.0 cm³/mol. The molecule has 2 rings (SSSR count). The first-order chi connectivity index (χ1) is 10.7. The van der Waals surface area contributed by atoms with Crippen molar-refractivity contribution in [3.05, 3.63) is 58.1 Å². The van der Waals surface area contributed by atoms with E-state index in [0.717, 1.165) is 24.3 Å². The summed E-state index contributed by atoms with van der Waals surface area (Å²) in [6, 6.07) is 8.62. The zero-order valence-electron chi connectivity index (χ0n) is 11.3. The number of rotatable bonds is 4. The maximum atomic E-state index is 12.4. The van der Waals surface area contributed by atoms with Gasteiger partial charge in [0, 0.05) is 10.6 Å². The van der Waals surface area contributed by atoms with Gasteiger partial charge in [0.15, 0.2) is 0 Å². The smallest absolute Gasteiger partial charge is 0.321 e. The largest absolute Gasteiger partial charge is 0.341 e. The van der Waals surface area contributed by atoms with Crippen molar-refractivity contribution in [2.24, 2.45) is 0 Å². The molecule has 0 spiro atoms. The van der Waals surface area contributed by atoms with Gasteiger partial charge in [-0.1, -0.05) is 23.2 Å². The SMILES string of the molecule is O=C(Nc1cc(Cl)ccc1Cl)c1ccc(S(=O)(=O)C(F)F)cc1. The van der Waals surface area contributed by atoms with Crippen LogP contribution in [0.2, 0.25) is 10.0 Å². The summed E-state index contributed by atoms with van der Waals surface area (Å²) in [6.45, 7) is 0. The second-order valence-electron chi connectivity index (χ2n) is 4.41. The highest BCUT2D eigenvalue weighted by Crippen LogP contribution is 2.26. The molecule has 0 unspecified atom stereocenters. The number of halogens is 4. The number of nitrogens with one attached hydrogen (secondary N) is 1. The number of hydrogen-bond acceptors (Lipinski definition) is 3. The van der Waals surface area contributed by atoms with Crippen LogP contribution >= 0.6 is 23.2 Å². The molecule has 0 atom stereocenters. The van der Waals surface area contributed by atoms with E-state index in [0.29, 0.717) is 5.02 Å². The molecule has 2 aromatic carbocycles. The van der Waals surface area contributed by atoms with E-state index in [4.69, 9.17) is 23.2 Å². The van der Waals surface area contributed by atoms with Gasteiger partial charge in [0.05, 0.1) is 15.6 Å². The number of amides is 1. The van der Waals surface area contributed by atoms with Crippen molar-refractivity contribution in [2.45, 2.75) is 10.7 Å². The average Bonchev–Trinajstić information content (AvgIpc) is 2.50. The zero-order valence-corrected chi connectivity index (χ0v) is 13.6. The van der Waals surface area contributed by atoms with Crippen LogP contribution in [0, 0.1) is 0 Å². The van der Waals surface area contributed by atoms with Gasteiger partial charge in [-0.2, -0.15) is 8.78 Å². The molecule has 2 aromatic rings. The lowest BCUT2D eigenvalue weighted by atomic mass is 10.2. The maximum absolute atomic E-state index is 12.4. The lowest BCUT2D eigenvalue weighted by Crippen LogP contribution is -2.14. The minimum Gasteiger partial charge on any atom is -0.321 e. The van der Waals surface area contributed by atoms with E-state index in [-0.39, 0.29) is 16.3 Å². The molecule has 0 aromatic heterocycles. The summed E-state index contributed by atoms with van der Waals surface area (Å²) in [4.78, 5) is 11.5. The zero-order chi connectivity index (χ0) is 17.2. The van der Waals surface area contributed by atoms with Crippen molar-refractivity contribution in [2.75, 3.05) is 5.32 Å². The Labute approximate surface area is 140 Å². The summed E-state index contributed by atoms with van der Waals surface area (Å²) in [5.41, 5.74) is 0.350. The standard InChI is InChI=1S/C14H9Cl2F2NO3S/c15-9-3-6-11(16)12(7-9)19-13(20)8-1-4-10(5-2-8)23(21,22)14(17)18/h1-7,14H,(H,19,20). The van der Waals surface area contributed by atoms with E-state index >= 15 is 0 Å². The Hall–Kier alpha value is -1.70. The first kappa shape index (κ1) is 17.7. The second-order valence-corrected chi connectivity index (χ2v) is 7.17. The van der Waals surface area contributed by atoms with Crippen LogP contribution in [0.5, 0.6) is 0 Å². The van der Waals surface area contributed by atoms with Crippen LogP contribution in [0.4, 0.5) is 14.5 Å². The van der Waals surface area contributed by atoms with Gasteiger partial charge in [-0.25, -0.2) is 8.42 Å². The van der Waals surface area contributed by atoms with Crippen LogP contribution in [0.1, 0.15) is 10.4 Å². The van der Waals surface area contributed by atoms with E-state index in [1.54, 1.807) is 6.07 Å². The van der Waals surface area contributed by atoms with Crippen LogP contribution < -0.4 is 5.32 Å². The first-order valence-corrected chi connectivity index (χ1v) is 8.40. The minimum absolute atomic E-state index is 0.0780. The normalized spacial score (nSPS) is 11.5. The van der Waals surface area contributed by atoms with Crippen molar-refractivity contribution in [3.8, 4) is 0 Å². The monoisotopic (exact) mass is 379 g/mol. The first-order valence-electron chi connectivity index (χ1n) is 6.10. The molecule has 4 nitrogen and oxygen atoms in total. The van der Waals surface area contributed by atoms with Crippen LogP contribution in [-0.4, -0.2) is 20.1 Å². The molecule has 0 heterocycles. The Bertz CT molecular complexity index is 840. The third-order valence-electron chi connectivity index (χ3n) is 2.86. The van der Waals surface area contributed by atoms with Crippen LogP contribution in [0.15, 0.2) is 47.4 Å². The van der Waals surface area contributed by atoms with Gasteiger partial charge in [-0.3, -0.25) is 4.79 Å². The van der Waals surface area contributed by atoms with Crippen LogP contribution in [0.3, 0.4) is 0 Å². The number of carbonyl (C=O) groups excluding carboxylic acids is 1. The van der Waals surface area contributed by atoms with E-state index < -0.39 is 26.4 Å². The minimum atomic E-state index is -4.69. The lowest BCUT2D eigenvalue weighted by Gasteiger charge is -2.08. The van der Waals surface area contributed by atoms with Crippen LogP contribution in [-0.2, 0) is 9.84 Å². The van der Waals surface area contributed by atoms with E-state index in [1.165, 1.54) is 12.1 Å². The summed E-state index contributed by atoms with van der Waals surface area (Å²) in [6.07, 6.45) is 0. The van der Waals surface area contributed by atoms with Gasteiger partial charge in [0.1, 0.15) is 0 Å². The van der Waals surface area contributed by atoms with E-state index in [1.807, 2.05) is 0 Å². The fraction of sp³-hybridized carbons (Fsp3) is 0.0714. The fourth-order valence-electron chi connectivity index (χ4n) is 1.69. The molecule has 0 fully saturated rings. The van der Waals surface area contributed by atoms with E-state index in [9.17, 15) is 22.0 Å². The molecule has 0 bridgehead atoms. The Morgan fingerprint density at radius 3 is 2.22 bits per heavy atom. The van der Waals surface area contributed by atoms with Gasteiger partial charge in [0.2, 0.25) is 9.84 Å². The predicted octanol–water partition coefficient (Wildman–Crippen LogP) is 4.24. The topological polar surface area (TPSA) is 63.2 Å². The molecular weight excluding hydrogens is 371 g/mol. The van der Waals surface area contributed by atoms with Crippen molar-refractivity contribution in [1.82, 2.24) is 0 Å². The average molecular weight is 380 g/mol. The Morgan fingerprint density at radius 1 is 1.04 bits per heavy atom. The lowest BCUT2D eigenvalue weighted by molar-refractivity contribution is 0.102. The van der Waals surface area contributed by atoms with Crippen molar-refractivity contribution < 1.29 is 22.0 Å². The molecule has 1 amide bonds. The molecule has 1 N–H and O–H groups in total. The van der Waals surface area contributed by atoms with Crippen LogP contribution in [0.25, 0.3) is 0 Å². The molecule has 0 aliphatic heterocycles. The van der Waals surface area contributed by atoms with Gasteiger partial charge in [0.25, 0.3) is 5.91 Å². The fourth-order valence-corrected chi connectivity index (χ4v) is 2.74. The summed E-state index contributed by atoms with van der Waals surface area (Å²) in [5.74, 6) is -4.11. The quantitative estimate of drug-likeness (QED) is 0.863. The third kappa shape index (κ3) is 3.99. The summed E-state index contributed by atoms with van der Waals surface area (Å²) < 4.78 is 47.5. The molecule has 0 saturated carbocycles. The summed E-state index contributed by atoms with van der Waals surface area (Å²) in [5, 5.41) is 3.12. The Kier molecular flexibility index (Phi) is 5.23. The molecule has 0 radical (unpaired) electrons. The highest BCUT2D eigenvalue weighted by atomic mass is 35.5. The Balaban J connectivity index is 2.23. The highest BCUT2D eigenvalue weighted by molar-refractivity contribution is 7.91. The highest BCUT2D eigenvalue weighted by Gasteiger charge is 2.26. The number of sulfone groups is 1. The number of alkyl halides is 2. The third-order valence-corrected chi connectivity index (χ3v) is 4.82. The summed E-state index contributed by atoms with van der Waals surface area (Å²) in [7, 11) is -4.69. The number of hydrogen-bond donors (Lipinski definition) is 1. The molecule has 0 aliphatic rings. The summed E-state index contributed by atoms with van der Waals surface area (Å²) >= 11 is 11.7. The van der Waals surface area contributed by atoms with Crippen molar-refractivity contribution >= 4 is 44.6 Å². The Morgan fingerprint density at radius 2 is 1.65 bits per heavy atom. The molecule has 23 heavy (non-hydrogen) atoms.